The highest BCUT2D eigenvalue weighted by molar-refractivity contribution is 6.30. The van der Waals surface area contributed by atoms with E-state index in [1.807, 2.05) is 12.1 Å². The zero-order chi connectivity index (χ0) is 12.1. The number of benzene rings is 1. The van der Waals surface area contributed by atoms with Crippen LogP contribution in [0, 0.1) is 6.92 Å². The first kappa shape index (κ1) is 12.9. The van der Waals surface area contributed by atoms with E-state index < -0.39 is 0 Å². The molecule has 2 rings (SSSR count). The van der Waals surface area contributed by atoms with Gasteiger partial charge in [-0.3, -0.25) is 0 Å². The van der Waals surface area contributed by atoms with Gasteiger partial charge in [0.05, 0.1) is 0 Å². The molecule has 0 bridgehead atoms. The van der Waals surface area contributed by atoms with E-state index in [-0.39, 0.29) is 0 Å². The number of rotatable bonds is 5. The number of aryl methyl sites for hydroxylation is 1. The molecule has 3 heteroatoms. The molecule has 1 saturated heterocycles. The van der Waals surface area contributed by atoms with Crippen LogP contribution in [0.2, 0.25) is 5.02 Å². The molecule has 2 nitrogen and oxygen atoms in total. The third-order valence-corrected chi connectivity index (χ3v) is 3.66. The Balaban J connectivity index is 1.70. The van der Waals surface area contributed by atoms with Crippen molar-refractivity contribution in [2.45, 2.75) is 26.3 Å². The van der Waals surface area contributed by atoms with E-state index in [0.717, 1.165) is 18.1 Å². The Kier molecular flexibility index (Phi) is 4.84. The Bertz CT molecular complexity index is 359. The van der Waals surface area contributed by atoms with Gasteiger partial charge in [0.15, 0.2) is 0 Å². The van der Waals surface area contributed by atoms with Gasteiger partial charge in [0.25, 0.3) is 0 Å². The smallest absolute Gasteiger partial charge is 0.0408 e. The summed E-state index contributed by atoms with van der Waals surface area (Å²) in [7, 11) is 0. The minimum atomic E-state index is 0.823. The van der Waals surface area contributed by atoms with Crippen LogP contribution in [0.1, 0.15) is 24.0 Å². The molecule has 0 amide bonds. The maximum Gasteiger partial charge on any atom is 0.0408 e. The van der Waals surface area contributed by atoms with Crippen molar-refractivity contribution < 1.29 is 0 Å². The van der Waals surface area contributed by atoms with Gasteiger partial charge in [-0.2, -0.15) is 0 Å². The second-order valence-electron chi connectivity index (χ2n) is 4.80. The molecule has 0 unspecified atom stereocenters. The highest BCUT2D eigenvalue weighted by atomic mass is 35.5. The predicted octanol–water partition coefficient (Wildman–Crippen LogP) is 2.83. The molecule has 1 aromatic rings. The number of hydrogen-bond acceptors (Lipinski definition) is 2. The van der Waals surface area contributed by atoms with Crippen molar-refractivity contribution in [2.24, 2.45) is 0 Å². The second kappa shape index (κ2) is 6.39. The van der Waals surface area contributed by atoms with E-state index in [1.54, 1.807) is 0 Å². The zero-order valence-corrected chi connectivity index (χ0v) is 11.3. The molecule has 17 heavy (non-hydrogen) atoms. The third kappa shape index (κ3) is 3.98. The number of hydrogen-bond donors (Lipinski definition) is 1. The lowest BCUT2D eigenvalue weighted by Gasteiger charge is -2.15. The molecule has 0 spiro atoms. The average molecular weight is 253 g/mol. The average Bonchev–Trinajstić information content (AvgIpc) is 2.79. The topological polar surface area (TPSA) is 15.3 Å². The van der Waals surface area contributed by atoms with Crippen LogP contribution in [0.5, 0.6) is 0 Å². The van der Waals surface area contributed by atoms with Crippen molar-refractivity contribution in [3.63, 3.8) is 0 Å². The molecule has 1 aliphatic rings. The maximum atomic E-state index is 5.94. The van der Waals surface area contributed by atoms with Gasteiger partial charge in [-0.25, -0.2) is 0 Å². The monoisotopic (exact) mass is 252 g/mol. The summed E-state index contributed by atoms with van der Waals surface area (Å²) in [5.74, 6) is 0. The van der Waals surface area contributed by atoms with E-state index in [2.05, 4.69) is 23.2 Å². The molecule has 94 valence electrons. The van der Waals surface area contributed by atoms with Crippen molar-refractivity contribution in [1.82, 2.24) is 10.2 Å². The number of halogens is 1. The van der Waals surface area contributed by atoms with E-state index in [0.29, 0.717) is 0 Å². The van der Waals surface area contributed by atoms with E-state index >= 15 is 0 Å². The van der Waals surface area contributed by atoms with Crippen LogP contribution in [0.15, 0.2) is 18.2 Å². The summed E-state index contributed by atoms with van der Waals surface area (Å²) in [5, 5.41) is 4.33. The SMILES string of the molecule is Cc1cc(Cl)ccc1CNCCN1CCCC1. The molecule has 1 heterocycles. The van der Waals surface area contributed by atoms with Crippen LogP contribution in [0.3, 0.4) is 0 Å². The van der Waals surface area contributed by atoms with Gasteiger partial charge in [-0.15, -0.1) is 0 Å². The normalized spacial score (nSPS) is 16.6. The minimum Gasteiger partial charge on any atom is -0.311 e. The molecule has 1 N–H and O–H groups in total. The summed E-state index contributed by atoms with van der Waals surface area (Å²) in [5.41, 5.74) is 2.61. The number of nitrogens with zero attached hydrogens (tertiary/aromatic N) is 1. The highest BCUT2D eigenvalue weighted by Gasteiger charge is 2.10. The highest BCUT2D eigenvalue weighted by Crippen LogP contribution is 2.14. The van der Waals surface area contributed by atoms with Crippen molar-refractivity contribution >= 4 is 11.6 Å². The first-order valence-corrected chi connectivity index (χ1v) is 6.81. The summed E-state index contributed by atoms with van der Waals surface area (Å²) in [4.78, 5) is 2.53. The molecule has 1 aromatic carbocycles. The molecule has 0 aliphatic carbocycles. The Morgan fingerprint density at radius 3 is 2.76 bits per heavy atom. The molecular formula is C14H21ClN2. The van der Waals surface area contributed by atoms with Crippen LogP contribution in [0.4, 0.5) is 0 Å². The molecule has 1 aliphatic heterocycles. The fourth-order valence-corrected chi connectivity index (χ4v) is 2.55. The molecule has 0 aromatic heterocycles. The van der Waals surface area contributed by atoms with Gasteiger partial charge in [0.1, 0.15) is 0 Å². The Morgan fingerprint density at radius 1 is 1.29 bits per heavy atom. The zero-order valence-electron chi connectivity index (χ0n) is 10.5. The summed E-state index contributed by atoms with van der Waals surface area (Å²) in [6, 6.07) is 6.10. The van der Waals surface area contributed by atoms with Gasteiger partial charge in [0, 0.05) is 24.7 Å². The number of likely N-dealkylation sites (tertiary alicyclic amines) is 1. The van der Waals surface area contributed by atoms with Crippen molar-refractivity contribution in [3.8, 4) is 0 Å². The lowest BCUT2D eigenvalue weighted by Crippen LogP contribution is -2.29. The van der Waals surface area contributed by atoms with Crippen LogP contribution in [0.25, 0.3) is 0 Å². The summed E-state index contributed by atoms with van der Waals surface area (Å²) < 4.78 is 0. The molecular weight excluding hydrogens is 232 g/mol. The Hall–Kier alpha value is -0.570. The van der Waals surface area contributed by atoms with E-state index in [9.17, 15) is 0 Å². The van der Waals surface area contributed by atoms with Gasteiger partial charge >= 0.3 is 0 Å². The van der Waals surface area contributed by atoms with E-state index in [4.69, 9.17) is 11.6 Å². The summed E-state index contributed by atoms with van der Waals surface area (Å²) in [6.07, 6.45) is 2.74. The van der Waals surface area contributed by atoms with Crippen LogP contribution in [-0.2, 0) is 6.54 Å². The van der Waals surface area contributed by atoms with Gasteiger partial charge in [-0.1, -0.05) is 17.7 Å². The Morgan fingerprint density at radius 2 is 2.06 bits per heavy atom. The lowest BCUT2D eigenvalue weighted by molar-refractivity contribution is 0.335. The van der Waals surface area contributed by atoms with Gasteiger partial charge < -0.3 is 10.2 Å². The first-order valence-electron chi connectivity index (χ1n) is 6.44. The van der Waals surface area contributed by atoms with Crippen LogP contribution < -0.4 is 5.32 Å². The summed E-state index contributed by atoms with van der Waals surface area (Å²) in [6.45, 7) is 7.86. The van der Waals surface area contributed by atoms with Gasteiger partial charge in [0.2, 0.25) is 0 Å². The van der Waals surface area contributed by atoms with Crippen LogP contribution in [-0.4, -0.2) is 31.1 Å². The molecule has 0 saturated carbocycles. The van der Waals surface area contributed by atoms with Crippen molar-refractivity contribution in [3.05, 3.63) is 34.3 Å². The standard InChI is InChI=1S/C14H21ClN2/c1-12-10-14(15)5-4-13(12)11-16-6-9-17-7-2-3-8-17/h4-5,10,16H,2-3,6-9,11H2,1H3. The first-order chi connectivity index (χ1) is 8.25. The largest absolute Gasteiger partial charge is 0.311 e. The predicted molar refractivity (Wildman–Crippen MR) is 73.6 cm³/mol. The third-order valence-electron chi connectivity index (χ3n) is 3.42. The van der Waals surface area contributed by atoms with Crippen molar-refractivity contribution in [2.75, 3.05) is 26.2 Å². The molecule has 1 fully saturated rings. The maximum absolute atomic E-state index is 5.94. The fourth-order valence-electron chi connectivity index (χ4n) is 2.32. The molecule has 0 radical (unpaired) electrons. The second-order valence-corrected chi connectivity index (χ2v) is 5.23. The Labute approximate surface area is 109 Å². The summed E-state index contributed by atoms with van der Waals surface area (Å²) >= 11 is 5.94. The fraction of sp³-hybridized carbons (Fsp3) is 0.571. The van der Waals surface area contributed by atoms with Crippen LogP contribution >= 0.6 is 11.6 Å². The van der Waals surface area contributed by atoms with Gasteiger partial charge in [-0.05, 0) is 56.1 Å². The molecule has 0 atom stereocenters. The number of nitrogens with one attached hydrogen (secondary N) is 1. The van der Waals surface area contributed by atoms with Crippen molar-refractivity contribution in [1.29, 1.82) is 0 Å². The lowest BCUT2D eigenvalue weighted by atomic mass is 10.1. The quantitative estimate of drug-likeness (QED) is 0.811. The van der Waals surface area contributed by atoms with E-state index in [1.165, 1.54) is 43.6 Å². The minimum absolute atomic E-state index is 0.823.